The Hall–Kier alpha value is -1.59. The highest BCUT2D eigenvalue weighted by atomic mass is 16.4. The van der Waals surface area contributed by atoms with Crippen molar-refractivity contribution in [2.75, 3.05) is 0 Å². The maximum Gasteiger partial charge on any atom is 0.303 e. The molecule has 202 valence electrons. The second kappa shape index (κ2) is 27.7. The van der Waals surface area contributed by atoms with Gasteiger partial charge in [-0.1, -0.05) is 117 Å². The average Bonchev–Trinajstić information content (AvgIpc) is 2.75. The van der Waals surface area contributed by atoms with Gasteiger partial charge in [-0.25, -0.2) is 0 Å². The first-order valence-electron chi connectivity index (χ1n) is 13.9. The molecule has 0 aromatic heterocycles. The van der Waals surface area contributed by atoms with Crippen LogP contribution in [0.4, 0.5) is 0 Å². The molecule has 3 N–H and O–H groups in total. The van der Waals surface area contributed by atoms with Gasteiger partial charge in [-0.15, -0.1) is 0 Å². The van der Waals surface area contributed by atoms with Gasteiger partial charge in [0, 0.05) is 19.3 Å². The Balaban J connectivity index is 0. The third kappa shape index (κ3) is 37.7. The zero-order chi connectivity index (χ0) is 25.9. The van der Waals surface area contributed by atoms with E-state index in [1.807, 2.05) is 0 Å². The van der Waals surface area contributed by atoms with Gasteiger partial charge in [-0.3, -0.25) is 14.4 Å². The Morgan fingerprint density at radius 1 is 0.412 bits per heavy atom. The number of aliphatic carboxylic acids is 3. The normalized spacial score (nSPS) is 10.7. The SMILES string of the molecule is CC(C)CCCCCCCCCCCCCCC(=O)O.O=C(O)CCCCCCCCC(=O)O. The van der Waals surface area contributed by atoms with Crippen LogP contribution in [-0.4, -0.2) is 33.2 Å². The number of rotatable bonds is 24. The van der Waals surface area contributed by atoms with Crippen LogP contribution in [0.25, 0.3) is 0 Å². The fraction of sp³-hybridized carbons (Fsp3) is 0.893. The summed E-state index contributed by atoms with van der Waals surface area (Å²) in [6.07, 6.45) is 23.1. The predicted octanol–water partition coefficient (Wildman–Crippen LogP) is 8.46. The lowest BCUT2D eigenvalue weighted by molar-refractivity contribution is -0.138. The van der Waals surface area contributed by atoms with E-state index in [4.69, 9.17) is 15.3 Å². The summed E-state index contributed by atoms with van der Waals surface area (Å²) in [7, 11) is 0. The van der Waals surface area contributed by atoms with Crippen LogP contribution >= 0.6 is 0 Å². The summed E-state index contributed by atoms with van der Waals surface area (Å²) in [5.41, 5.74) is 0. The van der Waals surface area contributed by atoms with Gasteiger partial charge >= 0.3 is 17.9 Å². The molecule has 0 heterocycles. The zero-order valence-electron chi connectivity index (χ0n) is 22.2. The molecule has 0 atom stereocenters. The van der Waals surface area contributed by atoms with E-state index in [9.17, 15) is 14.4 Å². The zero-order valence-corrected chi connectivity index (χ0v) is 22.2. The molecule has 0 aromatic rings. The van der Waals surface area contributed by atoms with E-state index in [2.05, 4.69) is 13.8 Å². The third-order valence-electron chi connectivity index (χ3n) is 5.95. The standard InChI is InChI=1S/C18H36O2.C10H18O4/c1-17(2)15-13-11-9-7-5-3-4-6-8-10-12-14-16-18(19)20;11-9(12)7-5-3-1-2-4-6-8-10(13)14/h17H,3-16H2,1-2H3,(H,19,20);1-8H2,(H,11,12)(H,13,14). The predicted molar refractivity (Wildman–Crippen MR) is 139 cm³/mol. The quantitative estimate of drug-likeness (QED) is 0.118. The second-order valence-electron chi connectivity index (χ2n) is 9.98. The first-order chi connectivity index (χ1) is 16.3. The van der Waals surface area contributed by atoms with Crippen LogP contribution < -0.4 is 0 Å². The van der Waals surface area contributed by atoms with Gasteiger partial charge in [0.05, 0.1) is 0 Å². The second-order valence-corrected chi connectivity index (χ2v) is 9.98. The number of carboxylic acids is 3. The summed E-state index contributed by atoms with van der Waals surface area (Å²) in [5, 5.41) is 25.2. The molecule has 0 radical (unpaired) electrons. The third-order valence-corrected chi connectivity index (χ3v) is 5.95. The van der Waals surface area contributed by atoms with E-state index in [1.54, 1.807) is 0 Å². The minimum Gasteiger partial charge on any atom is -0.481 e. The van der Waals surface area contributed by atoms with Crippen LogP contribution in [0, 0.1) is 5.92 Å². The van der Waals surface area contributed by atoms with Gasteiger partial charge in [0.15, 0.2) is 0 Å². The van der Waals surface area contributed by atoms with E-state index in [0.29, 0.717) is 6.42 Å². The fourth-order valence-corrected chi connectivity index (χ4v) is 3.86. The molecule has 6 nitrogen and oxygen atoms in total. The highest BCUT2D eigenvalue weighted by Gasteiger charge is 1.99. The van der Waals surface area contributed by atoms with Crippen molar-refractivity contribution in [2.24, 2.45) is 5.92 Å². The molecule has 0 spiro atoms. The first-order valence-corrected chi connectivity index (χ1v) is 13.9. The van der Waals surface area contributed by atoms with Crippen molar-refractivity contribution in [3.05, 3.63) is 0 Å². The molecule has 0 rings (SSSR count). The van der Waals surface area contributed by atoms with E-state index in [0.717, 1.165) is 57.3 Å². The molecule has 0 aromatic carbocycles. The van der Waals surface area contributed by atoms with Gasteiger partial charge in [0.25, 0.3) is 0 Å². The van der Waals surface area contributed by atoms with Crippen LogP contribution in [-0.2, 0) is 14.4 Å². The molecule has 0 aliphatic carbocycles. The Morgan fingerprint density at radius 3 is 0.824 bits per heavy atom. The molecule has 6 heteroatoms. The summed E-state index contributed by atoms with van der Waals surface area (Å²) in [4.78, 5) is 30.6. The van der Waals surface area contributed by atoms with Crippen molar-refractivity contribution in [2.45, 2.75) is 155 Å². The maximum absolute atomic E-state index is 10.3. The lowest BCUT2D eigenvalue weighted by Gasteiger charge is -2.04. The molecule has 0 aliphatic rings. The van der Waals surface area contributed by atoms with Crippen molar-refractivity contribution in [3.63, 3.8) is 0 Å². The summed E-state index contributed by atoms with van der Waals surface area (Å²) < 4.78 is 0. The topological polar surface area (TPSA) is 112 Å². The smallest absolute Gasteiger partial charge is 0.303 e. The lowest BCUT2D eigenvalue weighted by atomic mass is 10.0. The minimum absolute atomic E-state index is 0.245. The van der Waals surface area contributed by atoms with Gasteiger partial charge in [0.2, 0.25) is 0 Å². The summed E-state index contributed by atoms with van der Waals surface area (Å²) in [6, 6.07) is 0. The average molecular weight is 487 g/mol. The summed E-state index contributed by atoms with van der Waals surface area (Å²) in [5.74, 6) is -1.27. The summed E-state index contributed by atoms with van der Waals surface area (Å²) >= 11 is 0. The monoisotopic (exact) mass is 486 g/mol. The molecule has 34 heavy (non-hydrogen) atoms. The van der Waals surface area contributed by atoms with Gasteiger partial charge in [0.1, 0.15) is 0 Å². The highest BCUT2D eigenvalue weighted by Crippen LogP contribution is 2.14. The Kier molecular flexibility index (Phi) is 28.1. The largest absolute Gasteiger partial charge is 0.481 e. The van der Waals surface area contributed by atoms with Crippen LogP contribution in [0.3, 0.4) is 0 Å². The van der Waals surface area contributed by atoms with E-state index >= 15 is 0 Å². The Labute approximate surface area is 208 Å². The highest BCUT2D eigenvalue weighted by molar-refractivity contribution is 5.67. The maximum atomic E-state index is 10.3. The molecule has 0 aliphatic heterocycles. The molecule has 0 saturated carbocycles. The van der Waals surface area contributed by atoms with Gasteiger partial charge in [-0.2, -0.15) is 0 Å². The van der Waals surface area contributed by atoms with Crippen LogP contribution in [0.5, 0.6) is 0 Å². The van der Waals surface area contributed by atoms with Crippen molar-refractivity contribution in [3.8, 4) is 0 Å². The van der Waals surface area contributed by atoms with Crippen LogP contribution in [0.15, 0.2) is 0 Å². The molecule has 0 bridgehead atoms. The molecular weight excluding hydrogens is 432 g/mol. The van der Waals surface area contributed by atoms with Crippen LogP contribution in [0.2, 0.25) is 0 Å². The van der Waals surface area contributed by atoms with Crippen molar-refractivity contribution < 1.29 is 29.7 Å². The Bertz CT molecular complexity index is 456. The van der Waals surface area contributed by atoms with Crippen molar-refractivity contribution >= 4 is 17.9 Å². The van der Waals surface area contributed by atoms with E-state index in [1.165, 1.54) is 70.6 Å². The fourth-order valence-electron chi connectivity index (χ4n) is 3.86. The minimum atomic E-state index is -0.740. The molecule has 0 saturated heterocycles. The van der Waals surface area contributed by atoms with Crippen LogP contribution in [0.1, 0.15) is 155 Å². The number of unbranched alkanes of at least 4 members (excludes halogenated alkanes) is 16. The number of hydrogen-bond donors (Lipinski definition) is 3. The Morgan fingerprint density at radius 2 is 0.618 bits per heavy atom. The van der Waals surface area contributed by atoms with Crippen molar-refractivity contribution in [1.82, 2.24) is 0 Å². The molecule has 0 unspecified atom stereocenters. The van der Waals surface area contributed by atoms with Gasteiger partial charge in [-0.05, 0) is 25.2 Å². The first kappa shape index (κ1) is 34.6. The van der Waals surface area contributed by atoms with Crippen molar-refractivity contribution in [1.29, 1.82) is 0 Å². The molecule has 0 amide bonds. The molecular formula is C28H54O6. The number of hydrogen-bond acceptors (Lipinski definition) is 3. The number of carbonyl (C=O) groups is 3. The van der Waals surface area contributed by atoms with E-state index < -0.39 is 17.9 Å². The number of carboxylic acid groups (broad SMARTS) is 3. The molecule has 0 fully saturated rings. The lowest BCUT2D eigenvalue weighted by Crippen LogP contribution is -1.94. The summed E-state index contributed by atoms with van der Waals surface area (Å²) in [6.45, 7) is 4.61. The van der Waals surface area contributed by atoms with Gasteiger partial charge < -0.3 is 15.3 Å². The van der Waals surface area contributed by atoms with E-state index in [-0.39, 0.29) is 12.8 Å².